The zero-order chi connectivity index (χ0) is 20.1. The molecule has 6 heteroatoms. The zero-order valence-corrected chi connectivity index (χ0v) is 16.1. The number of hydrogen-bond donors (Lipinski definition) is 0. The highest BCUT2D eigenvalue weighted by Crippen LogP contribution is 2.24. The largest absolute Gasteiger partial charge is 0.441 e. The molecule has 1 amide bonds. The minimum absolute atomic E-state index is 0.0928. The van der Waals surface area contributed by atoms with Crippen LogP contribution in [-0.2, 0) is 16.0 Å². The fourth-order valence-corrected chi connectivity index (χ4v) is 3.47. The summed E-state index contributed by atoms with van der Waals surface area (Å²) in [5.74, 6) is 1.19. The fourth-order valence-electron chi connectivity index (χ4n) is 3.47. The lowest BCUT2D eigenvalue weighted by atomic mass is 10.1. The highest BCUT2D eigenvalue weighted by Gasteiger charge is 2.25. The van der Waals surface area contributed by atoms with E-state index in [1.807, 2.05) is 35.2 Å². The quantitative estimate of drug-likeness (QED) is 0.622. The number of carbonyl (C=O) groups is 1. The summed E-state index contributed by atoms with van der Waals surface area (Å²) >= 11 is 0. The Morgan fingerprint density at radius 3 is 2.72 bits per heavy atom. The molecule has 0 bridgehead atoms. The van der Waals surface area contributed by atoms with Crippen molar-refractivity contribution in [3.8, 4) is 11.3 Å². The number of oxazole rings is 1. The molecule has 1 aromatic heterocycles. The Labute approximate surface area is 169 Å². The van der Waals surface area contributed by atoms with E-state index in [2.05, 4.69) is 4.98 Å². The molecule has 1 aliphatic heterocycles. The Morgan fingerprint density at radius 1 is 1.14 bits per heavy atom. The van der Waals surface area contributed by atoms with Crippen LogP contribution in [0.4, 0.5) is 4.39 Å². The number of nitrogens with zero attached hydrogens (tertiary/aromatic N) is 2. The molecular weight excluding hydrogens is 371 g/mol. The van der Waals surface area contributed by atoms with Crippen molar-refractivity contribution in [3.63, 3.8) is 0 Å². The first kappa shape index (κ1) is 19.3. The summed E-state index contributed by atoms with van der Waals surface area (Å²) in [5, 5.41) is 0. The molecule has 0 aliphatic carbocycles. The monoisotopic (exact) mass is 394 g/mol. The number of halogens is 1. The van der Waals surface area contributed by atoms with E-state index in [0.717, 1.165) is 16.9 Å². The van der Waals surface area contributed by atoms with Crippen molar-refractivity contribution in [1.29, 1.82) is 0 Å². The smallest absolute Gasteiger partial charge is 0.222 e. The molecular formula is C23H23FN2O3. The van der Waals surface area contributed by atoms with Gasteiger partial charge in [-0.2, -0.15) is 0 Å². The van der Waals surface area contributed by atoms with Gasteiger partial charge in [-0.25, -0.2) is 9.37 Å². The minimum atomic E-state index is -0.278. The summed E-state index contributed by atoms with van der Waals surface area (Å²) < 4.78 is 24.7. The van der Waals surface area contributed by atoms with Gasteiger partial charge in [0.1, 0.15) is 11.9 Å². The molecule has 2 aromatic carbocycles. The summed E-state index contributed by atoms with van der Waals surface area (Å²) in [6.45, 7) is 1.54. The van der Waals surface area contributed by atoms with E-state index in [1.54, 1.807) is 18.3 Å². The summed E-state index contributed by atoms with van der Waals surface area (Å²) in [7, 11) is 0. The van der Waals surface area contributed by atoms with Crippen molar-refractivity contribution in [2.75, 3.05) is 19.7 Å². The average molecular weight is 394 g/mol. The van der Waals surface area contributed by atoms with Gasteiger partial charge in [0.2, 0.25) is 5.91 Å². The third-order valence-electron chi connectivity index (χ3n) is 5.05. The van der Waals surface area contributed by atoms with Crippen LogP contribution in [0.3, 0.4) is 0 Å². The number of hydrogen-bond acceptors (Lipinski definition) is 4. The van der Waals surface area contributed by atoms with E-state index in [1.165, 1.54) is 12.1 Å². The molecule has 29 heavy (non-hydrogen) atoms. The van der Waals surface area contributed by atoms with E-state index in [0.29, 0.717) is 44.8 Å². The second-order valence-corrected chi connectivity index (χ2v) is 7.09. The number of carbonyl (C=O) groups excluding carboxylic acids is 1. The molecule has 0 saturated carbocycles. The van der Waals surface area contributed by atoms with E-state index in [9.17, 15) is 9.18 Å². The number of ether oxygens (including phenoxy) is 1. The molecule has 1 fully saturated rings. The standard InChI is InChI=1S/C23H23FN2O3/c24-19-11-9-18(10-12-19)21-16-26(13-14-28-21)23(27)8-4-7-22-25-15-20(29-22)17-5-2-1-3-6-17/h1-3,5-6,9-12,15,21H,4,7-8,13-14,16H2. The molecule has 1 atom stereocenters. The van der Waals surface area contributed by atoms with Crippen LogP contribution in [0.5, 0.6) is 0 Å². The third kappa shape index (κ3) is 4.90. The average Bonchev–Trinajstić information content (AvgIpc) is 3.24. The second-order valence-electron chi connectivity index (χ2n) is 7.09. The van der Waals surface area contributed by atoms with Gasteiger partial charge in [0.05, 0.1) is 19.3 Å². The van der Waals surface area contributed by atoms with Crippen molar-refractivity contribution in [2.45, 2.75) is 25.4 Å². The van der Waals surface area contributed by atoms with Gasteiger partial charge in [-0.1, -0.05) is 42.5 Å². The lowest BCUT2D eigenvalue weighted by Gasteiger charge is -2.33. The maximum Gasteiger partial charge on any atom is 0.222 e. The van der Waals surface area contributed by atoms with E-state index in [4.69, 9.17) is 9.15 Å². The Hall–Kier alpha value is -2.99. The van der Waals surface area contributed by atoms with Gasteiger partial charge in [0.25, 0.3) is 0 Å². The minimum Gasteiger partial charge on any atom is -0.441 e. The Balaban J connectivity index is 1.27. The van der Waals surface area contributed by atoms with Crippen molar-refractivity contribution in [1.82, 2.24) is 9.88 Å². The molecule has 0 N–H and O–H groups in total. The van der Waals surface area contributed by atoms with Crippen LogP contribution in [0.2, 0.25) is 0 Å². The van der Waals surface area contributed by atoms with Crippen LogP contribution < -0.4 is 0 Å². The van der Waals surface area contributed by atoms with Gasteiger partial charge in [-0.05, 0) is 24.1 Å². The number of aromatic nitrogens is 1. The van der Waals surface area contributed by atoms with E-state index < -0.39 is 0 Å². The fraction of sp³-hybridized carbons (Fsp3) is 0.304. The second kappa shape index (κ2) is 9.01. The van der Waals surface area contributed by atoms with Crippen molar-refractivity contribution in [3.05, 3.63) is 78.1 Å². The van der Waals surface area contributed by atoms with Gasteiger partial charge in [-0.3, -0.25) is 4.79 Å². The Bertz CT molecular complexity index is 940. The zero-order valence-electron chi connectivity index (χ0n) is 16.1. The summed E-state index contributed by atoms with van der Waals surface area (Å²) in [6.07, 6.45) is 3.23. The van der Waals surface area contributed by atoms with Crippen molar-refractivity contribution in [2.24, 2.45) is 0 Å². The van der Waals surface area contributed by atoms with E-state index >= 15 is 0 Å². The maximum atomic E-state index is 13.1. The number of amides is 1. The molecule has 1 aliphatic rings. The lowest BCUT2D eigenvalue weighted by molar-refractivity contribution is -0.139. The first-order chi connectivity index (χ1) is 14.2. The van der Waals surface area contributed by atoms with Gasteiger partial charge in [-0.15, -0.1) is 0 Å². The van der Waals surface area contributed by atoms with Gasteiger partial charge in [0.15, 0.2) is 11.7 Å². The van der Waals surface area contributed by atoms with Crippen LogP contribution in [-0.4, -0.2) is 35.5 Å². The van der Waals surface area contributed by atoms with Crippen LogP contribution in [0.15, 0.2) is 65.2 Å². The summed E-state index contributed by atoms with van der Waals surface area (Å²) in [4.78, 5) is 18.7. The van der Waals surface area contributed by atoms with Gasteiger partial charge < -0.3 is 14.1 Å². The first-order valence-corrected chi connectivity index (χ1v) is 9.84. The third-order valence-corrected chi connectivity index (χ3v) is 5.05. The number of aryl methyl sites for hydroxylation is 1. The normalized spacial score (nSPS) is 16.7. The molecule has 3 aromatic rings. The molecule has 5 nitrogen and oxygen atoms in total. The molecule has 2 heterocycles. The molecule has 4 rings (SSSR count). The molecule has 1 unspecified atom stereocenters. The van der Waals surface area contributed by atoms with Gasteiger partial charge in [0, 0.05) is 24.9 Å². The summed E-state index contributed by atoms with van der Waals surface area (Å²) in [6, 6.07) is 16.1. The number of rotatable bonds is 6. The van der Waals surface area contributed by atoms with Crippen LogP contribution in [0.1, 0.15) is 30.4 Å². The van der Waals surface area contributed by atoms with Crippen LogP contribution in [0, 0.1) is 5.82 Å². The number of benzene rings is 2. The maximum absolute atomic E-state index is 13.1. The van der Waals surface area contributed by atoms with Crippen LogP contribution in [0.25, 0.3) is 11.3 Å². The molecule has 0 radical (unpaired) electrons. The molecule has 150 valence electrons. The first-order valence-electron chi connectivity index (χ1n) is 9.84. The highest BCUT2D eigenvalue weighted by molar-refractivity contribution is 5.76. The van der Waals surface area contributed by atoms with Crippen molar-refractivity contribution >= 4 is 5.91 Å². The Morgan fingerprint density at radius 2 is 1.93 bits per heavy atom. The predicted molar refractivity (Wildman–Crippen MR) is 107 cm³/mol. The Kier molecular flexibility index (Phi) is 6.00. The summed E-state index contributed by atoms with van der Waals surface area (Å²) in [5.41, 5.74) is 1.87. The predicted octanol–water partition coefficient (Wildman–Crippen LogP) is 4.40. The van der Waals surface area contributed by atoms with Crippen LogP contribution >= 0.6 is 0 Å². The van der Waals surface area contributed by atoms with E-state index in [-0.39, 0.29) is 17.8 Å². The van der Waals surface area contributed by atoms with Gasteiger partial charge >= 0.3 is 0 Å². The number of morpholine rings is 1. The SMILES string of the molecule is O=C(CCCc1ncc(-c2ccccc2)o1)N1CCOC(c2ccc(F)cc2)C1. The topological polar surface area (TPSA) is 55.6 Å². The lowest BCUT2D eigenvalue weighted by Crippen LogP contribution is -2.42. The molecule has 0 spiro atoms. The highest BCUT2D eigenvalue weighted by atomic mass is 19.1. The molecule has 1 saturated heterocycles. The van der Waals surface area contributed by atoms with Crippen molar-refractivity contribution < 1.29 is 18.3 Å².